The van der Waals surface area contributed by atoms with E-state index in [4.69, 9.17) is 9.47 Å². The topological polar surface area (TPSA) is 35.5 Å². The van der Waals surface area contributed by atoms with Crippen LogP contribution in [0.1, 0.15) is 34.3 Å². The summed E-state index contributed by atoms with van der Waals surface area (Å²) >= 11 is 0. The smallest absolute Gasteiger partial charge is 0.199 e. The van der Waals surface area contributed by atoms with E-state index in [9.17, 15) is 4.79 Å². The highest BCUT2D eigenvalue weighted by Gasteiger charge is 2.45. The molecule has 3 nitrogen and oxygen atoms in total. The fraction of sp³-hybridized carbons (Fsp3) is 0.250. The Morgan fingerprint density at radius 2 is 1.91 bits per heavy atom. The number of methoxy groups -OCH3 is 1. The van der Waals surface area contributed by atoms with Gasteiger partial charge in [0.25, 0.3) is 0 Å². The van der Waals surface area contributed by atoms with Gasteiger partial charge in [-0.2, -0.15) is 0 Å². The van der Waals surface area contributed by atoms with Crippen molar-refractivity contribution in [2.75, 3.05) is 13.7 Å². The molecule has 116 valence electrons. The van der Waals surface area contributed by atoms with E-state index in [1.807, 2.05) is 54.6 Å². The molecule has 2 aliphatic rings. The quantitative estimate of drug-likeness (QED) is 0.845. The van der Waals surface area contributed by atoms with Gasteiger partial charge in [-0.05, 0) is 47.8 Å². The fourth-order valence-electron chi connectivity index (χ4n) is 3.50. The number of rotatable bonds is 2. The zero-order valence-corrected chi connectivity index (χ0v) is 13.0. The van der Waals surface area contributed by atoms with Crippen LogP contribution >= 0.6 is 0 Å². The third-order valence-corrected chi connectivity index (χ3v) is 4.66. The Morgan fingerprint density at radius 3 is 2.65 bits per heavy atom. The molecule has 2 aromatic rings. The molecule has 0 saturated carbocycles. The van der Waals surface area contributed by atoms with Gasteiger partial charge in [0.05, 0.1) is 7.11 Å². The minimum atomic E-state index is -0.799. The number of ether oxygens (including phenoxy) is 2. The van der Waals surface area contributed by atoms with Crippen LogP contribution < -0.4 is 4.74 Å². The summed E-state index contributed by atoms with van der Waals surface area (Å²) in [5.41, 5.74) is 2.99. The number of hydrogen-bond acceptors (Lipinski definition) is 3. The molecule has 1 spiro atoms. The molecule has 0 aromatic heterocycles. The van der Waals surface area contributed by atoms with Gasteiger partial charge in [-0.3, -0.25) is 4.79 Å². The van der Waals surface area contributed by atoms with Crippen molar-refractivity contribution >= 4 is 11.4 Å². The second-order valence-corrected chi connectivity index (χ2v) is 6.01. The van der Waals surface area contributed by atoms with E-state index < -0.39 is 5.60 Å². The largest absolute Gasteiger partial charge is 0.497 e. The first-order valence-corrected chi connectivity index (χ1v) is 7.89. The molecule has 0 bridgehead atoms. The van der Waals surface area contributed by atoms with Crippen molar-refractivity contribution in [3.8, 4) is 5.75 Å². The summed E-state index contributed by atoms with van der Waals surface area (Å²) in [7, 11) is 1.66. The van der Waals surface area contributed by atoms with Gasteiger partial charge < -0.3 is 9.47 Å². The maximum Gasteiger partial charge on any atom is 0.199 e. The molecule has 1 fully saturated rings. The first-order chi connectivity index (χ1) is 11.2. The second kappa shape index (κ2) is 5.36. The van der Waals surface area contributed by atoms with Crippen molar-refractivity contribution in [1.82, 2.24) is 0 Å². The first-order valence-electron chi connectivity index (χ1n) is 7.89. The van der Waals surface area contributed by atoms with E-state index >= 15 is 0 Å². The van der Waals surface area contributed by atoms with E-state index in [1.165, 1.54) is 0 Å². The SMILES string of the molecule is COc1cccc(C2=CC3(CCCO3)C(=O)c3ccccc32)c1. The highest BCUT2D eigenvalue weighted by atomic mass is 16.5. The van der Waals surface area contributed by atoms with Crippen LogP contribution in [0.4, 0.5) is 0 Å². The van der Waals surface area contributed by atoms with Gasteiger partial charge in [0.2, 0.25) is 0 Å². The standard InChI is InChI=1S/C20H18O3/c1-22-15-7-4-6-14(12-15)18-13-20(10-5-11-23-20)19(21)17-9-3-2-8-16(17)18/h2-4,6-9,12-13H,5,10-11H2,1H3. The van der Waals surface area contributed by atoms with Gasteiger partial charge in [-0.25, -0.2) is 0 Å². The molecular formula is C20H18O3. The normalized spacial score (nSPS) is 22.8. The van der Waals surface area contributed by atoms with Crippen LogP contribution in [0.15, 0.2) is 54.6 Å². The van der Waals surface area contributed by atoms with E-state index in [0.29, 0.717) is 6.61 Å². The van der Waals surface area contributed by atoms with Crippen molar-refractivity contribution < 1.29 is 14.3 Å². The second-order valence-electron chi connectivity index (χ2n) is 6.01. The maximum absolute atomic E-state index is 12.9. The Kier molecular flexibility index (Phi) is 3.31. The van der Waals surface area contributed by atoms with E-state index in [0.717, 1.165) is 40.9 Å². The van der Waals surface area contributed by atoms with Crippen molar-refractivity contribution in [3.63, 3.8) is 0 Å². The number of ketones is 1. The van der Waals surface area contributed by atoms with Crippen LogP contribution in [-0.2, 0) is 4.74 Å². The molecule has 0 radical (unpaired) electrons. The number of hydrogen-bond donors (Lipinski definition) is 0. The van der Waals surface area contributed by atoms with Crippen molar-refractivity contribution in [2.24, 2.45) is 0 Å². The van der Waals surface area contributed by atoms with Gasteiger partial charge in [0.1, 0.15) is 11.4 Å². The summed E-state index contributed by atoms with van der Waals surface area (Å²) in [4.78, 5) is 12.9. The molecule has 23 heavy (non-hydrogen) atoms. The summed E-state index contributed by atoms with van der Waals surface area (Å²) < 4.78 is 11.2. The predicted molar refractivity (Wildman–Crippen MR) is 88.8 cm³/mol. The van der Waals surface area contributed by atoms with Gasteiger partial charge in [-0.1, -0.05) is 36.4 Å². The maximum atomic E-state index is 12.9. The number of carbonyl (C=O) groups excluding carboxylic acids is 1. The number of fused-ring (bicyclic) bond motifs is 1. The zero-order chi connectivity index (χ0) is 15.9. The minimum Gasteiger partial charge on any atom is -0.497 e. The van der Waals surface area contributed by atoms with Gasteiger partial charge in [-0.15, -0.1) is 0 Å². The Labute approximate surface area is 135 Å². The Hall–Kier alpha value is -2.39. The summed E-state index contributed by atoms with van der Waals surface area (Å²) in [6.45, 7) is 0.635. The Morgan fingerprint density at radius 1 is 1.09 bits per heavy atom. The first kappa shape index (κ1) is 14.2. The van der Waals surface area contributed by atoms with Crippen LogP contribution in [0, 0.1) is 0 Å². The third kappa shape index (κ3) is 2.20. The molecule has 0 N–H and O–H groups in total. The van der Waals surface area contributed by atoms with Crippen molar-refractivity contribution in [2.45, 2.75) is 18.4 Å². The molecule has 4 rings (SSSR count). The minimum absolute atomic E-state index is 0.0808. The predicted octanol–water partition coefficient (Wildman–Crippen LogP) is 3.87. The molecule has 1 unspecified atom stereocenters. The van der Waals surface area contributed by atoms with Crippen LogP contribution in [0.5, 0.6) is 5.75 Å². The number of carbonyl (C=O) groups is 1. The number of benzene rings is 2. The lowest BCUT2D eigenvalue weighted by atomic mass is 9.77. The molecular weight excluding hydrogens is 288 g/mol. The van der Waals surface area contributed by atoms with Crippen molar-refractivity contribution in [3.05, 3.63) is 71.3 Å². The molecule has 1 saturated heterocycles. The lowest BCUT2D eigenvalue weighted by Gasteiger charge is -2.31. The van der Waals surface area contributed by atoms with Gasteiger partial charge in [0, 0.05) is 12.2 Å². The lowest BCUT2D eigenvalue weighted by Crippen LogP contribution is -2.39. The Bertz CT molecular complexity index is 798. The average molecular weight is 306 g/mol. The monoisotopic (exact) mass is 306 g/mol. The Balaban J connectivity index is 1.93. The molecule has 1 aliphatic heterocycles. The highest BCUT2D eigenvalue weighted by Crippen LogP contribution is 2.42. The summed E-state index contributed by atoms with van der Waals surface area (Å²) in [6.07, 6.45) is 3.67. The van der Waals surface area contributed by atoms with Crippen LogP contribution in [0.25, 0.3) is 5.57 Å². The molecule has 1 heterocycles. The average Bonchev–Trinajstić information content (AvgIpc) is 3.08. The number of Topliss-reactive ketones (excluding diaryl/α,β-unsaturated/α-hetero) is 1. The summed E-state index contributed by atoms with van der Waals surface area (Å²) in [5, 5.41) is 0. The third-order valence-electron chi connectivity index (χ3n) is 4.66. The molecule has 0 amide bonds. The summed E-state index contributed by atoms with van der Waals surface area (Å²) in [5.74, 6) is 0.886. The van der Waals surface area contributed by atoms with Crippen LogP contribution in [0.3, 0.4) is 0 Å². The van der Waals surface area contributed by atoms with Crippen LogP contribution in [0.2, 0.25) is 0 Å². The van der Waals surface area contributed by atoms with Crippen LogP contribution in [-0.4, -0.2) is 25.1 Å². The van der Waals surface area contributed by atoms with E-state index in [2.05, 4.69) is 0 Å². The molecule has 1 atom stereocenters. The fourth-order valence-corrected chi connectivity index (χ4v) is 3.50. The molecule has 1 aliphatic carbocycles. The molecule has 2 aromatic carbocycles. The zero-order valence-electron chi connectivity index (χ0n) is 13.0. The lowest BCUT2D eigenvalue weighted by molar-refractivity contribution is 0.0351. The van der Waals surface area contributed by atoms with Gasteiger partial charge >= 0.3 is 0 Å². The van der Waals surface area contributed by atoms with Crippen molar-refractivity contribution in [1.29, 1.82) is 0 Å². The van der Waals surface area contributed by atoms with E-state index in [1.54, 1.807) is 7.11 Å². The van der Waals surface area contributed by atoms with Gasteiger partial charge in [0.15, 0.2) is 5.78 Å². The van der Waals surface area contributed by atoms with E-state index in [-0.39, 0.29) is 5.78 Å². The molecule has 3 heteroatoms. The highest BCUT2D eigenvalue weighted by molar-refractivity contribution is 6.12. The summed E-state index contributed by atoms with van der Waals surface area (Å²) in [6, 6.07) is 15.7.